The van der Waals surface area contributed by atoms with Crippen LogP contribution < -0.4 is 0 Å². The standard InChI is InChI=1S/C11H13I/c1-3-9(2)11(12)10-7-5-4-6-8-10/h4-8H,3H2,1-2H3/b11-9-. The van der Waals surface area contributed by atoms with Gasteiger partial charge in [0.25, 0.3) is 0 Å². The summed E-state index contributed by atoms with van der Waals surface area (Å²) < 4.78 is 1.38. The summed E-state index contributed by atoms with van der Waals surface area (Å²) in [5, 5.41) is 0. The second-order valence-electron chi connectivity index (χ2n) is 2.81. The van der Waals surface area contributed by atoms with Crippen molar-refractivity contribution in [1.82, 2.24) is 0 Å². The first-order valence-corrected chi connectivity index (χ1v) is 5.24. The largest absolute Gasteiger partial charge is 0.0622 e. The van der Waals surface area contributed by atoms with Gasteiger partial charge < -0.3 is 0 Å². The van der Waals surface area contributed by atoms with Gasteiger partial charge in [0, 0.05) is 3.58 Å². The van der Waals surface area contributed by atoms with Gasteiger partial charge in [0.2, 0.25) is 0 Å². The Bertz CT molecular complexity index is 272. The van der Waals surface area contributed by atoms with Gasteiger partial charge in [0.15, 0.2) is 0 Å². The summed E-state index contributed by atoms with van der Waals surface area (Å²) in [5.41, 5.74) is 2.79. The maximum absolute atomic E-state index is 2.41. The summed E-state index contributed by atoms with van der Waals surface area (Å²) in [6.45, 7) is 4.38. The van der Waals surface area contributed by atoms with Crippen molar-refractivity contribution in [2.24, 2.45) is 0 Å². The summed E-state index contributed by atoms with van der Waals surface area (Å²) in [6.07, 6.45) is 1.13. The fourth-order valence-electron chi connectivity index (χ4n) is 0.986. The van der Waals surface area contributed by atoms with Gasteiger partial charge in [-0.1, -0.05) is 42.8 Å². The van der Waals surface area contributed by atoms with Crippen molar-refractivity contribution in [2.75, 3.05) is 0 Å². The van der Waals surface area contributed by atoms with E-state index in [0.717, 1.165) is 6.42 Å². The van der Waals surface area contributed by atoms with Crippen LogP contribution in [0.15, 0.2) is 35.9 Å². The molecule has 0 N–H and O–H groups in total. The van der Waals surface area contributed by atoms with E-state index in [1.807, 2.05) is 0 Å². The molecule has 0 fully saturated rings. The average molecular weight is 272 g/mol. The Hall–Kier alpha value is -0.310. The first kappa shape index (κ1) is 9.78. The molecular formula is C11H13I. The minimum absolute atomic E-state index is 1.13. The Morgan fingerprint density at radius 2 is 1.83 bits per heavy atom. The van der Waals surface area contributed by atoms with Gasteiger partial charge in [0.1, 0.15) is 0 Å². The third-order valence-corrected chi connectivity index (χ3v) is 3.48. The zero-order valence-corrected chi connectivity index (χ0v) is 9.63. The number of hydrogen-bond donors (Lipinski definition) is 0. The molecule has 0 aliphatic carbocycles. The molecule has 0 heterocycles. The lowest BCUT2D eigenvalue weighted by Gasteiger charge is -2.03. The van der Waals surface area contributed by atoms with Crippen molar-refractivity contribution < 1.29 is 0 Å². The molecule has 1 heteroatoms. The number of halogens is 1. The maximum atomic E-state index is 2.41. The van der Waals surface area contributed by atoms with E-state index in [2.05, 4.69) is 66.8 Å². The Morgan fingerprint density at radius 1 is 1.25 bits per heavy atom. The van der Waals surface area contributed by atoms with Crippen LogP contribution in [0.25, 0.3) is 3.58 Å². The SMILES string of the molecule is CC/C(C)=C(\I)c1ccccc1. The first-order chi connectivity index (χ1) is 5.75. The molecule has 64 valence electrons. The second kappa shape index (κ2) is 4.65. The quantitative estimate of drug-likeness (QED) is 0.705. The highest BCUT2D eigenvalue weighted by Crippen LogP contribution is 2.26. The van der Waals surface area contributed by atoms with E-state index in [1.165, 1.54) is 14.7 Å². The molecule has 0 nitrogen and oxygen atoms in total. The van der Waals surface area contributed by atoms with Crippen LogP contribution >= 0.6 is 22.6 Å². The van der Waals surface area contributed by atoms with Crippen molar-refractivity contribution in [3.63, 3.8) is 0 Å². The Balaban J connectivity index is 3.00. The Kier molecular flexibility index (Phi) is 3.79. The van der Waals surface area contributed by atoms with Gasteiger partial charge in [0.05, 0.1) is 0 Å². The molecule has 0 radical (unpaired) electrons. The van der Waals surface area contributed by atoms with Crippen LogP contribution in [0.5, 0.6) is 0 Å². The third kappa shape index (κ3) is 2.34. The lowest BCUT2D eigenvalue weighted by atomic mass is 10.1. The van der Waals surface area contributed by atoms with Crippen LogP contribution in [-0.4, -0.2) is 0 Å². The molecule has 0 unspecified atom stereocenters. The summed E-state index contributed by atoms with van der Waals surface area (Å²) in [7, 11) is 0. The third-order valence-electron chi connectivity index (χ3n) is 1.93. The molecule has 0 amide bonds. The van der Waals surface area contributed by atoms with Gasteiger partial charge >= 0.3 is 0 Å². The van der Waals surface area contributed by atoms with Gasteiger partial charge in [-0.15, -0.1) is 0 Å². The van der Waals surface area contributed by atoms with Gasteiger partial charge in [-0.25, -0.2) is 0 Å². The zero-order chi connectivity index (χ0) is 8.97. The van der Waals surface area contributed by atoms with E-state index < -0.39 is 0 Å². The Labute approximate surface area is 87.8 Å². The molecule has 0 bridgehead atoms. The van der Waals surface area contributed by atoms with E-state index >= 15 is 0 Å². The topological polar surface area (TPSA) is 0 Å². The van der Waals surface area contributed by atoms with Gasteiger partial charge in [-0.2, -0.15) is 0 Å². The van der Waals surface area contributed by atoms with E-state index in [1.54, 1.807) is 0 Å². The van der Waals surface area contributed by atoms with Crippen molar-refractivity contribution >= 4 is 26.2 Å². The van der Waals surface area contributed by atoms with E-state index in [4.69, 9.17) is 0 Å². The van der Waals surface area contributed by atoms with Crippen LogP contribution in [0.1, 0.15) is 25.8 Å². The van der Waals surface area contributed by atoms with Crippen LogP contribution in [0, 0.1) is 0 Å². The first-order valence-electron chi connectivity index (χ1n) is 4.16. The molecule has 0 saturated carbocycles. The van der Waals surface area contributed by atoms with Crippen LogP contribution in [0.2, 0.25) is 0 Å². The highest BCUT2D eigenvalue weighted by atomic mass is 127. The Morgan fingerprint density at radius 3 is 2.33 bits per heavy atom. The minimum atomic E-state index is 1.13. The molecule has 0 atom stereocenters. The smallest absolute Gasteiger partial charge is 0.0191 e. The van der Waals surface area contributed by atoms with Crippen LogP contribution in [0.4, 0.5) is 0 Å². The predicted molar refractivity (Wildman–Crippen MR) is 63.3 cm³/mol. The number of rotatable bonds is 2. The fraction of sp³-hybridized carbons (Fsp3) is 0.273. The van der Waals surface area contributed by atoms with E-state index in [-0.39, 0.29) is 0 Å². The summed E-state index contributed by atoms with van der Waals surface area (Å²) >= 11 is 2.41. The molecule has 1 rings (SSSR count). The lowest BCUT2D eigenvalue weighted by Crippen LogP contribution is -1.79. The normalized spacial score (nSPS) is 12.6. The summed E-state index contributed by atoms with van der Waals surface area (Å²) in [5.74, 6) is 0. The molecule has 12 heavy (non-hydrogen) atoms. The van der Waals surface area contributed by atoms with E-state index in [0.29, 0.717) is 0 Å². The molecule has 0 aliphatic heterocycles. The predicted octanol–water partition coefficient (Wildman–Crippen LogP) is 4.26. The van der Waals surface area contributed by atoms with Gasteiger partial charge in [-0.3, -0.25) is 0 Å². The van der Waals surface area contributed by atoms with Crippen LogP contribution in [0.3, 0.4) is 0 Å². The monoisotopic (exact) mass is 272 g/mol. The second-order valence-corrected chi connectivity index (χ2v) is 3.89. The summed E-state index contributed by atoms with van der Waals surface area (Å²) in [4.78, 5) is 0. The molecule has 1 aromatic carbocycles. The molecule has 0 spiro atoms. The highest BCUT2D eigenvalue weighted by Gasteiger charge is 1.98. The number of benzene rings is 1. The molecule has 0 aliphatic rings. The molecule has 0 aromatic heterocycles. The molecule has 0 saturated heterocycles. The number of hydrogen-bond acceptors (Lipinski definition) is 0. The minimum Gasteiger partial charge on any atom is -0.0622 e. The number of allylic oxidation sites excluding steroid dienone is 1. The highest BCUT2D eigenvalue weighted by molar-refractivity contribution is 14.1. The van der Waals surface area contributed by atoms with Crippen molar-refractivity contribution in [3.8, 4) is 0 Å². The average Bonchev–Trinajstić information content (AvgIpc) is 2.17. The molecule has 1 aromatic rings. The van der Waals surface area contributed by atoms with Crippen molar-refractivity contribution in [1.29, 1.82) is 0 Å². The van der Waals surface area contributed by atoms with Gasteiger partial charge in [-0.05, 0) is 41.5 Å². The van der Waals surface area contributed by atoms with Crippen molar-refractivity contribution in [2.45, 2.75) is 20.3 Å². The molecular weight excluding hydrogens is 259 g/mol. The fourth-order valence-corrected chi connectivity index (χ4v) is 1.73. The van der Waals surface area contributed by atoms with Crippen molar-refractivity contribution in [3.05, 3.63) is 41.5 Å². The van der Waals surface area contributed by atoms with Crippen LogP contribution in [-0.2, 0) is 0 Å². The lowest BCUT2D eigenvalue weighted by molar-refractivity contribution is 1.11. The zero-order valence-electron chi connectivity index (χ0n) is 7.47. The maximum Gasteiger partial charge on any atom is 0.0191 e. The summed E-state index contributed by atoms with van der Waals surface area (Å²) in [6, 6.07) is 10.5. The van der Waals surface area contributed by atoms with E-state index in [9.17, 15) is 0 Å².